The lowest BCUT2D eigenvalue weighted by atomic mass is 9.91. The molecule has 4 aromatic rings. The topological polar surface area (TPSA) is 140 Å². The van der Waals surface area contributed by atoms with Gasteiger partial charge in [0.05, 0.1) is 24.0 Å². The number of benzene rings is 2. The number of aliphatic hydroxyl groups is 1. The summed E-state index contributed by atoms with van der Waals surface area (Å²) in [5.74, 6) is 0. The lowest BCUT2D eigenvalue weighted by molar-refractivity contribution is -0.0339. The van der Waals surface area contributed by atoms with Gasteiger partial charge in [0.1, 0.15) is 18.5 Å². The Labute approximate surface area is 260 Å². The van der Waals surface area contributed by atoms with Crippen molar-refractivity contribution in [1.29, 1.82) is 0 Å². The molecule has 236 valence electrons. The van der Waals surface area contributed by atoms with Crippen molar-refractivity contribution in [1.82, 2.24) is 29.4 Å². The fourth-order valence-electron chi connectivity index (χ4n) is 5.96. The van der Waals surface area contributed by atoms with Gasteiger partial charge in [-0.1, -0.05) is 42.5 Å². The minimum Gasteiger partial charge on any atom is -0.445 e. The van der Waals surface area contributed by atoms with Gasteiger partial charge in [-0.25, -0.2) is 19.1 Å². The van der Waals surface area contributed by atoms with E-state index in [-0.39, 0.29) is 30.4 Å². The Hall–Kier alpha value is -4.71. The fourth-order valence-corrected chi connectivity index (χ4v) is 5.96. The quantitative estimate of drug-likeness (QED) is 0.335. The smallest absolute Gasteiger partial charge is 0.410 e. The maximum Gasteiger partial charge on any atom is 0.410 e. The summed E-state index contributed by atoms with van der Waals surface area (Å²) in [5.41, 5.74) is 2.73. The number of hydrogen-bond donors (Lipinski definition) is 2. The van der Waals surface area contributed by atoms with E-state index in [9.17, 15) is 19.5 Å². The molecule has 3 heterocycles. The molecule has 6 rings (SSSR count). The van der Waals surface area contributed by atoms with Crippen LogP contribution in [0.5, 0.6) is 0 Å². The molecule has 2 aromatic carbocycles. The van der Waals surface area contributed by atoms with Gasteiger partial charge >= 0.3 is 12.2 Å². The van der Waals surface area contributed by atoms with Crippen LogP contribution in [0.2, 0.25) is 0 Å². The highest BCUT2D eigenvalue weighted by Crippen LogP contribution is 2.29. The Morgan fingerprint density at radius 1 is 1.07 bits per heavy atom. The van der Waals surface area contributed by atoms with Gasteiger partial charge in [-0.2, -0.15) is 5.10 Å². The first kappa shape index (κ1) is 30.3. The molecule has 2 aromatic heterocycles. The first-order chi connectivity index (χ1) is 21.5. The van der Waals surface area contributed by atoms with E-state index in [0.29, 0.717) is 44.5 Å². The standard InChI is InChI=1S/C33H38N6O6/c1-32(2,3)45-30(41)36-26-16-23-9-10-24(15-25(23)17-26)27-18-34-28-29(40)38(21-35-39(27)28)20-33(43)11-13-37(14-12-33)31(42)44-19-22-7-5-4-6-8-22/h4-10,15,18,21,26,43H,11-14,16-17,19-20H2,1-3H3,(H,36,41). The third kappa shape index (κ3) is 6.85. The van der Waals surface area contributed by atoms with Crippen molar-refractivity contribution in [3.8, 4) is 11.3 Å². The van der Waals surface area contributed by atoms with E-state index in [1.807, 2.05) is 69.3 Å². The molecule has 1 saturated heterocycles. The number of aromatic nitrogens is 4. The Morgan fingerprint density at radius 3 is 2.53 bits per heavy atom. The lowest BCUT2D eigenvalue weighted by Gasteiger charge is -2.37. The molecule has 1 aliphatic heterocycles. The number of rotatable bonds is 6. The minimum atomic E-state index is -1.18. The molecular formula is C33H38N6O6. The summed E-state index contributed by atoms with van der Waals surface area (Å²) in [6.45, 7) is 6.35. The molecule has 2 amide bonds. The molecular weight excluding hydrogens is 576 g/mol. The number of alkyl carbamates (subject to hydrolysis) is 1. The highest BCUT2D eigenvalue weighted by atomic mass is 16.6. The summed E-state index contributed by atoms with van der Waals surface area (Å²) in [4.78, 5) is 44.2. The van der Waals surface area contributed by atoms with Gasteiger partial charge in [0.2, 0.25) is 5.65 Å². The summed E-state index contributed by atoms with van der Waals surface area (Å²) in [7, 11) is 0. The number of piperidine rings is 1. The fraction of sp³-hybridized carbons (Fsp3) is 0.424. The molecule has 45 heavy (non-hydrogen) atoms. The largest absolute Gasteiger partial charge is 0.445 e. The van der Waals surface area contributed by atoms with Gasteiger partial charge in [-0.05, 0) is 69.2 Å². The first-order valence-corrected chi connectivity index (χ1v) is 15.2. The summed E-state index contributed by atoms with van der Waals surface area (Å²) in [6, 6.07) is 15.4. The Bertz CT molecular complexity index is 1770. The van der Waals surface area contributed by atoms with E-state index in [1.54, 1.807) is 11.1 Å². The summed E-state index contributed by atoms with van der Waals surface area (Å²) in [6.07, 6.45) is 4.16. The SMILES string of the molecule is CC(C)(C)OC(=O)NC1Cc2ccc(-c3cnc4c(=O)n(CC5(O)CCN(C(=O)OCc6ccccc6)CC5)cnn34)cc2C1. The van der Waals surface area contributed by atoms with Crippen LogP contribution in [-0.4, -0.2) is 71.7 Å². The van der Waals surface area contributed by atoms with Crippen LogP contribution in [0, 0.1) is 0 Å². The predicted molar refractivity (Wildman–Crippen MR) is 166 cm³/mol. The van der Waals surface area contributed by atoms with E-state index in [4.69, 9.17) is 9.47 Å². The molecule has 0 radical (unpaired) electrons. The molecule has 0 saturated carbocycles. The Kier molecular flexibility index (Phi) is 8.08. The van der Waals surface area contributed by atoms with Gasteiger partial charge in [-0.3, -0.25) is 9.36 Å². The number of likely N-dealkylation sites (tertiary alicyclic amines) is 1. The van der Waals surface area contributed by atoms with Crippen molar-refractivity contribution in [2.75, 3.05) is 13.1 Å². The number of imidazole rings is 1. The van der Waals surface area contributed by atoms with Crippen LogP contribution < -0.4 is 10.9 Å². The van der Waals surface area contributed by atoms with Crippen molar-refractivity contribution < 1.29 is 24.2 Å². The molecule has 1 aliphatic carbocycles. The maximum atomic E-state index is 13.4. The number of carbonyl (C=O) groups excluding carboxylic acids is 2. The molecule has 0 bridgehead atoms. The van der Waals surface area contributed by atoms with E-state index >= 15 is 0 Å². The molecule has 2 N–H and O–H groups in total. The Morgan fingerprint density at radius 2 is 1.80 bits per heavy atom. The van der Waals surface area contributed by atoms with Gasteiger partial charge in [-0.15, -0.1) is 0 Å². The van der Waals surface area contributed by atoms with E-state index in [1.165, 1.54) is 15.4 Å². The zero-order chi connectivity index (χ0) is 31.8. The third-order valence-electron chi connectivity index (χ3n) is 8.27. The van der Waals surface area contributed by atoms with E-state index in [2.05, 4.69) is 15.4 Å². The van der Waals surface area contributed by atoms with Crippen molar-refractivity contribution >= 4 is 17.8 Å². The highest BCUT2D eigenvalue weighted by molar-refractivity contribution is 5.69. The monoisotopic (exact) mass is 614 g/mol. The summed E-state index contributed by atoms with van der Waals surface area (Å²) in [5, 5.41) is 18.8. The van der Waals surface area contributed by atoms with Crippen LogP contribution in [-0.2, 0) is 35.5 Å². The molecule has 2 aliphatic rings. The number of fused-ring (bicyclic) bond motifs is 2. The third-order valence-corrected chi connectivity index (χ3v) is 8.27. The minimum absolute atomic E-state index is 0.0370. The van der Waals surface area contributed by atoms with Crippen molar-refractivity contribution in [2.24, 2.45) is 0 Å². The second-order valence-corrected chi connectivity index (χ2v) is 12.9. The van der Waals surface area contributed by atoms with Crippen LogP contribution >= 0.6 is 0 Å². The zero-order valence-corrected chi connectivity index (χ0v) is 25.7. The average molecular weight is 615 g/mol. The number of carbonyl (C=O) groups is 2. The van der Waals surface area contributed by atoms with Crippen LogP contribution in [0.15, 0.2) is 65.8 Å². The second-order valence-electron chi connectivity index (χ2n) is 12.9. The summed E-state index contributed by atoms with van der Waals surface area (Å²) < 4.78 is 13.7. The molecule has 12 heteroatoms. The van der Waals surface area contributed by atoms with Crippen LogP contribution in [0.3, 0.4) is 0 Å². The lowest BCUT2D eigenvalue weighted by Crippen LogP contribution is -2.49. The van der Waals surface area contributed by atoms with Crippen molar-refractivity contribution in [2.45, 2.75) is 76.9 Å². The van der Waals surface area contributed by atoms with Crippen molar-refractivity contribution in [3.05, 3.63) is 88.1 Å². The first-order valence-electron chi connectivity index (χ1n) is 15.2. The Balaban J connectivity index is 1.09. The molecule has 12 nitrogen and oxygen atoms in total. The molecule has 0 spiro atoms. The number of amides is 2. The van der Waals surface area contributed by atoms with Gasteiger partial charge < -0.3 is 24.8 Å². The number of ether oxygens (including phenoxy) is 2. The average Bonchev–Trinajstić information content (AvgIpc) is 3.61. The van der Waals surface area contributed by atoms with Gasteiger partial charge in [0, 0.05) is 24.7 Å². The number of nitrogens with one attached hydrogen (secondary N) is 1. The maximum absolute atomic E-state index is 13.4. The van der Waals surface area contributed by atoms with Gasteiger partial charge in [0.25, 0.3) is 5.56 Å². The second kappa shape index (κ2) is 12.0. The number of hydrogen-bond acceptors (Lipinski definition) is 8. The van der Waals surface area contributed by atoms with Crippen molar-refractivity contribution in [3.63, 3.8) is 0 Å². The van der Waals surface area contributed by atoms with E-state index < -0.39 is 23.4 Å². The zero-order valence-electron chi connectivity index (χ0n) is 25.7. The molecule has 1 unspecified atom stereocenters. The van der Waals surface area contributed by atoms with E-state index in [0.717, 1.165) is 22.3 Å². The molecule has 1 atom stereocenters. The number of nitrogens with zero attached hydrogens (tertiary/aromatic N) is 5. The highest BCUT2D eigenvalue weighted by Gasteiger charge is 2.35. The molecule has 1 fully saturated rings. The summed E-state index contributed by atoms with van der Waals surface area (Å²) >= 11 is 0. The van der Waals surface area contributed by atoms with Gasteiger partial charge in [0.15, 0.2) is 0 Å². The van der Waals surface area contributed by atoms with Crippen LogP contribution in [0.25, 0.3) is 16.9 Å². The van der Waals surface area contributed by atoms with Crippen LogP contribution in [0.4, 0.5) is 9.59 Å². The normalized spacial score (nSPS) is 17.6. The van der Waals surface area contributed by atoms with Crippen LogP contribution in [0.1, 0.15) is 50.3 Å². The predicted octanol–water partition coefficient (Wildman–Crippen LogP) is 3.71.